The second-order valence-electron chi connectivity index (χ2n) is 5.19. The second-order valence-corrected chi connectivity index (χ2v) is 5.19. The van der Waals surface area contributed by atoms with Crippen LogP contribution in [0.25, 0.3) is 0 Å². The number of fused-ring (bicyclic) bond motifs is 2. The van der Waals surface area contributed by atoms with Crippen LogP contribution in [0.3, 0.4) is 0 Å². The van der Waals surface area contributed by atoms with Crippen LogP contribution in [0.5, 0.6) is 0 Å². The van der Waals surface area contributed by atoms with Crippen LogP contribution in [0, 0.1) is 11.8 Å². The topological polar surface area (TPSA) is 47.6 Å². The van der Waals surface area contributed by atoms with Gasteiger partial charge in [-0.15, -0.1) is 0 Å². The Balaban J connectivity index is 2.04. The van der Waals surface area contributed by atoms with Gasteiger partial charge in [-0.3, -0.25) is 10.1 Å². The summed E-state index contributed by atoms with van der Waals surface area (Å²) in [5.41, 5.74) is -0.419. The molecule has 2 aliphatic carbocycles. The maximum absolute atomic E-state index is 12.2. The van der Waals surface area contributed by atoms with Crippen LogP contribution >= 0.6 is 0 Å². The van der Waals surface area contributed by atoms with E-state index in [1.54, 1.807) is 7.11 Å². The number of ether oxygens (including phenoxy) is 2. The predicted molar refractivity (Wildman–Crippen MR) is 64.7 cm³/mol. The fourth-order valence-corrected chi connectivity index (χ4v) is 3.50. The van der Waals surface area contributed by atoms with Crippen LogP contribution in [-0.4, -0.2) is 38.4 Å². The summed E-state index contributed by atoms with van der Waals surface area (Å²) in [7, 11) is 1.68. The predicted octanol–water partition coefficient (Wildman–Crippen LogP) is 1.34. The van der Waals surface area contributed by atoms with Crippen molar-refractivity contribution in [3.8, 4) is 0 Å². The highest BCUT2D eigenvalue weighted by atomic mass is 16.5. The molecule has 3 unspecified atom stereocenters. The quantitative estimate of drug-likeness (QED) is 0.563. The van der Waals surface area contributed by atoms with E-state index in [4.69, 9.17) is 9.47 Å². The van der Waals surface area contributed by atoms with Gasteiger partial charge in [0.05, 0.1) is 13.2 Å². The number of nitrogens with one attached hydrogen (secondary N) is 1. The number of carbonyl (C=O) groups is 1. The van der Waals surface area contributed by atoms with Crippen LogP contribution in [0.2, 0.25) is 0 Å². The average Bonchev–Trinajstić information content (AvgIpc) is 2.90. The molecular weight excluding hydrogens is 218 g/mol. The largest absolute Gasteiger partial charge is 0.465 e. The first-order valence-electron chi connectivity index (χ1n) is 6.64. The Morgan fingerprint density at radius 1 is 1.47 bits per heavy atom. The Bertz CT molecular complexity index is 282. The monoisotopic (exact) mass is 241 g/mol. The molecule has 0 amide bonds. The minimum Gasteiger partial charge on any atom is -0.465 e. The van der Waals surface area contributed by atoms with Gasteiger partial charge >= 0.3 is 5.97 Å². The molecule has 1 N–H and O–H groups in total. The Kier molecular flexibility index (Phi) is 4.05. The van der Waals surface area contributed by atoms with Crippen molar-refractivity contribution < 1.29 is 14.3 Å². The van der Waals surface area contributed by atoms with Gasteiger partial charge in [0.1, 0.15) is 5.54 Å². The van der Waals surface area contributed by atoms with E-state index in [2.05, 4.69) is 5.32 Å². The summed E-state index contributed by atoms with van der Waals surface area (Å²) in [6, 6.07) is 0. The SMILES string of the molecule is CCOC(=O)C1(NCCOC)CC2CCC1C2. The van der Waals surface area contributed by atoms with Crippen molar-refractivity contribution >= 4 is 5.97 Å². The van der Waals surface area contributed by atoms with Gasteiger partial charge < -0.3 is 9.47 Å². The van der Waals surface area contributed by atoms with Crippen molar-refractivity contribution in [2.45, 2.75) is 38.1 Å². The summed E-state index contributed by atoms with van der Waals surface area (Å²) in [6.07, 6.45) is 4.56. The molecule has 0 aromatic rings. The Morgan fingerprint density at radius 3 is 2.82 bits per heavy atom. The average molecular weight is 241 g/mol. The van der Waals surface area contributed by atoms with Crippen LogP contribution < -0.4 is 5.32 Å². The maximum atomic E-state index is 12.2. The molecule has 2 bridgehead atoms. The molecule has 0 spiro atoms. The van der Waals surface area contributed by atoms with Crippen LogP contribution in [0.4, 0.5) is 0 Å². The smallest absolute Gasteiger partial charge is 0.326 e. The molecule has 2 rings (SSSR count). The van der Waals surface area contributed by atoms with E-state index < -0.39 is 5.54 Å². The van der Waals surface area contributed by atoms with Crippen molar-refractivity contribution in [3.05, 3.63) is 0 Å². The molecule has 2 saturated carbocycles. The van der Waals surface area contributed by atoms with E-state index in [1.807, 2.05) is 6.92 Å². The molecule has 0 saturated heterocycles. The highest BCUT2D eigenvalue weighted by Gasteiger charge is 2.56. The lowest BCUT2D eigenvalue weighted by atomic mass is 9.81. The van der Waals surface area contributed by atoms with Gasteiger partial charge in [-0.2, -0.15) is 0 Å². The molecule has 98 valence electrons. The minimum atomic E-state index is -0.419. The van der Waals surface area contributed by atoms with E-state index in [0.717, 1.165) is 19.4 Å². The third-order valence-electron chi connectivity index (χ3n) is 4.24. The zero-order chi connectivity index (χ0) is 12.3. The fourth-order valence-electron chi connectivity index (χ4n) is 3.50. The van der Waals surface area contributed by atoms with E-state index >= 15 is 0 Å². The van der Waals surface area contributed by atoms with E-state index in [9.17, 15) is 4.79 Å². The molecule has 17 heavy (non-hydrogen) atoms. The van der Waals surface area contributed by atoms with Crippen LogP contribution in [0.15, 0.2) is 0 Å². The number of hydrogen-bond acceptors (Lipinski definition) is 4. The van der Waals surface area contributed by atoms with Crippen LogP contribution in [-0.2, 0) is 14.3 Å². The number of carbonyl (C=O) groups excluding carboxylic acids is 1. The summed E-state index contributed by atoms with van der Waals surface area (Å²) < 4.78 is 10.3. The molecule has 0 heterocycles. The number of esters is 1. The highest BCUT2D eigenvalue weighted by Crippen LogP contribution is 2.51. The Morgan fingerprint density at radius 2 is 2.29 bits per heavy atom. The van der Waals surface area contributed by atoms with E-state index in [-0.39, 0.29) is 5.97 Å². The van der Waals surface area contributed by atoms with Crippen molar-refractivity contribution in [1.82, 2.24) is 5.32 Å². The standard InChI is InChI=1S/C13H23NO3/c1-3-17-12(15)13(14-6-7-16-2)9-10-4-5-11(13)8-10/h10-11,14H,3-9H2,1-2H3. The highest BCUT2D eigenvalue weighted by molar-refractivity contribution is 5.82. The summed E-state index contributed by atoms with van der Waals surface area (Å²) >= 11 is 0. The second kappa shape index (κ2) is 5.36. The normalized spacial score (nSPS) is 35.2. The van der Waals surface area contributed by atoms with E-state index in [1.165, 1.54) is 12.8 Å². The first kappa shape index (κ1) is 12.8. The minimum absolute atomic E-state index is 0.0525. The summed E-state index contributed by atoms with van der Waals surface area (Å²) in [5, 5.41) is 3.41. The lowest BCUT2D eigenvalue weighted by Gasteiger charge is -2.36. The zero-order valence-corrected chi connectivity index (χ0v) is 10.8. The van der Waals surface area contributed by atoms with Gasteiger partial charge in [0, 0.05) is 13.7 Å². The zero-order valence-electron chi connectivity index (χ0n) is 10.8. The Hall–Kier alpha value is -0.610. The molecule has 0 aromatic carbocycles. The van der Waals surface area contributed by atoms with Crippen molar-refractivity contribution in [2.75, 3.05) is 26.9 Å². The molecule has 2 fully saturated rings. The molecule has 0 aliphatic heterocycles. The van der Waals surface area contributed by atoms with Crippen molar-refractivity contribution in [3.63, 3.8) is 0 Å². The molecule has 0 aromatic heterocycles. The third kappa shape index (κ3) is 2.33. The molecule has 4 heteroatoms. The van der Waals surface area contributed by atoms with Gasteiger partial charge in [-0.1, -0.05) is 6.42 Å². The maximum Gasteiger partial charge on any atom is 0.326 e. The fraction of sp³-hybridized carbons (Fsp3) is 0.923. The lowest BCUT2D eigenvalue weighted by molar-refractivity contribution is -0.154. The molecule has 2 aliphatic rings. The first-order valence-corrected chi connectivity index (χ1v) is 6.64. The molecule has 0 radical (unpaired) electrons. The molecule has 4 nitrogen and oxygen atoms in total. The van der Waals surface area contributed by atoms with Crippen molar-refractivity contribution in [1.29, 1.82) is 0 Å². The number of methoxy groups -OCH3 is 1. The van der Waals surface area contributed by atoms with Crippen LogP contribution in [0.1, 0.15) is 32.6 Å². The molecular formula is C13H23NO3. The van der Waals surface area contributed by atoms with Gasteiger partial charge in [0.15, 0.2) is 0 Å². The molecule has 3 atom stereocenters. The summed E-state index contributed by atoms with van der Waals surface area (Å²) in [4.78, 5) is 12.2. The van der Waals surface area contributed by atoms with Crippen molar-refractivity contribution in [2.24, 2.45) is 11.8 Å². The summed E-state index contributed by atoms with van der Waals surface area (Å²) in [5.74, 6) is 1.12. The van der Waals surface area contributed by atoms with Gasteiger partial charge in [-0.25, -0.2) is 0 Å². The number of rotatable bonds is 6. The third-order valence-corrected chi connectivity index (χ3v) is 4.24. The lowest BCUT2D eigenvalue weighted by Crippen LogP contribution is -2.57. The van der Waals surface area contributed by atoms with Gasteiger partial charge in [0.2, 0.25) is 0 Å². The first-order chi connectivity index (χ1) is 8.23. The summed E-state index contributed by atoms with van der Waals surface area (Å²) in [6.45, 7) is 3.69. The van der Waals surface area contributed by atoms with E-state index in [0.29, 0.717) is 25.0 Å². The van der Waals surface area contributed by atoms with Gasteiger partial charge in [0.25, 0.3) is 0 Å². The van der Waals surface area contributed by atoms with Gasteiger partial charge in [-0.05, 0) is 38.0 Å². The number of hydrogen-bond donors (Lipinski definition) is 1. The Labute approximate surface area is 103 Å².